The number of hydrogen-bond donors (Lipinski definition) is 1. The highest BCUT2D eigenvalue weighted by atomic mass is 32.2. The molecule has 0 aromatic heterocycles. The zero-order valence-electron chi connectivity index (χ0n) is 11.8. The highest BCUT2D eigenvalue weighted by Gasteiger charge is 2.35. The van der Waals surface area contributed by atoms with Gasteiger partial charge in [0.2, 0.25) is 5.91 Å². The quantitative estimate of drug-likeness (QED) is 0.908. The average Bonchev–Trinajstić information content (AvgIpc) is 2.96. The van der Waals surface area contributed by atoms with Gasteiger partial charge in [-0.1, -0.05) is 24.3 Å². The van der Waals surface area contributed by atoms with Crippen LogP contribution in [-0.4, -0.2) is 40.9 Å². The van der Waals surface area contributed by atoms with Gasteiger partial charge in [0.1, 0.15) is 5.25 Å². The monoisotopic (exact) mass is 291 g/mol. The summed E-state index contributed by atoms with van der Waals surface area (Å²) in [5.41, 5.74) is 2.50. The van der Waals surface area contributed by atoms with Crippen LogP contribution in [0.5, 0.6) is 0 Å². The normalized spacial score (nSPS) is 27.2. The van der Waals surface area contributed by atoms with Crippen LogP contribution < -0.4 is 0 Å². The predicted molar refractivity (Wildman–Crippen MR) is 81.7 cm³/mol. The van der Waals surface area contributed by atoms with E-state index >= 15 is 0 Å². The largest absolute Gasteiger partial charge is 0.393 e. The smallest absolute Gasteiger partial charge is 0.240 e. The van der Waals surface area contributed by atoms with Gasteiger partial charge in [-0.3, -0.25) is 4.79 Å². The Labute approximate surface area is 124 Å². The summed E-state index contributed by atoms with van der Waals surface area (Å²) in [6.45, 7) is 3.31. The Morgan fingerprint density at radius 1 is 1.45 bits per heavy atom. The van der Waals surface area contributed by atoms with E-state index in [1.165, 1.54) is 11.1 Å². The van der Waals surface area contributed by atoms with E-state index < -0.39 is 0 Å². The first-order valence-electron chi connectivity index (χ1n) is 7.33. The molecule has 108 valence electrons. The van der Waals surface area contributed by atoms with Crippen LogP contribution in [0.25, 0.3) is 0 Å². The molecule has 1 aromatic rings. The first kappa shape index (κ1) is 14.0. The number of thioether (sulfide) groups is 1. The maximum atomic E-state index is 12.8. The topological polar surface area (TPSA) is 40.5 Å². The van der Waals surface area contributed by atoms with Gasteiger partial charge in [-0.25, -0.2) is 0 Å². The maximum Gasteiger partial charge on any atom is 0.240 e. The van der Waals surface area contributed by atoms with E-state index in [0.717, 1.165) is 25.1 Å². The fraction of sp³-hybridized carbons (Fsp3) is 0.562. The van der Waals surface area contributed by atoms with Crippen molar-refractivity contribution in [3.05, 3.63) is 35.4 Å². The van der Waals surface area contributed by atoms with E-state index in [9.17, 15) is 9.90 Å². The summed E-state index contributed by atoms with van der Waals surface area (Å²) in [4.78, 5) is 14.7. The zero-order chi connectivity index (χ0) is 14.1. The number of benzene rings is 1. The highest BCUT2D eigenvalue weighted by molar-refractivity contribution is 8.00. The fourth-order valence-corrected chi connectivity index (χ4v) is 4.42. The van der Waals surface area contributed by atoms with E-state index in [1.54, 1.807) is 11.8 Å². The Kier molecular flexibility index (Phi) is 4.03. The van der Waals surface area contributed by atoms with E-state index in [4.69, 9.17) is 0 Å². The third-order valence-electron chi connectivity index (χ3n) is 4.44. The molecule has 2 aliphatic heterocycles. The average molecular weight is 291 g/mol. The number of aliphatic hydroxyl groups excluding tert-OH is 1. The van der Waals surface area contributed by atoms with Crippen molar-refractivity contribution >= 4 is 17.7 Å². The van der Waals surface area contributed by atoms with Crippen LogP contribution >= 0.6 is 11.8 Å². The molecule has 0 aliphatic carbocycles. The van der Waals surface area contributed by atoms with Crippen LogP contribution in [0.15, 0.2) is 24.3 Å². The molecule has 1 aromatic carbocycles. The van der Waals surface area contributed by atoms with Crippen molar-refractivity contribution in [1.82, 2.24) is 4.90 Å². The molecule has 3 rings (SSSR count). The first-order valence-corrected chi connectivity index (χ1v) is 8.38. The van der Waals surface area contributed by atoms with Gasteiger partial charge in [0.25, 0.3) is 0 Å². The summed E-state index contributed by atoms with van der Waals surface area (Å²) in [6, 6.07) is 8.30. The molecule has 1 amide bonds. The molecule has 20 heavy (non-hydrogen) atoms. The van der Waals surface area contributed by atoms with Gasteiger partial charge in [-0.15, -0.1) is 11.8 Å². The molecule has 0 spiro atoms. The molecular weight excluding hydrogens is 270 g/mol. The number of rotatable bonds is 2. The summed E-state index contributed by atoms with van der Waals surface area (Å²) in [6.07, 6.45) is 1.66. The minimum absolute atomic E-state index is 0.0484. The molecule has 1 fully saturated rings. The van der Waals surface area contributed by atoms with Crippen LogP contribution in [0.3, 0.4) is 0 Å². The number of nitrogens with zero attached hydrogens (tertiary/aromatic N) is 1. The Balaban J connectivity index is 1.76. The summed E-state index contributed by atoms with van der Waals surface area (Å²) >= 11 is 1.76. The second-order valence-corrected chi connectivity index (χ2v) is 6.99. The van der Waals surface area contributed by atoms with Crippen LogP contribution in [0, 0.1) is 5.92 Å². The number of aryl methyl sites for hydroxylation is 1. The number of carbonyl (C=O) groups is 1. The Morgan fingerprint density at radius 3 is 3.00 bits per heavy atom. The molecule has 3 atom stereocenters. The molecule has 0 saturated carbocycles. The maximum absolute atomic E-state index is 12.8. The molecule has 0 radical (unpaired) electrons. The van der Waals surface area contributed by atoms with Gasteiger partial charge in [0.15, 0.2) is 0 Å². The number of hydrogen-bond acceptors (Lipinski definition) is 3. The number of likely N-dealkylation sites (tertiary alicyclic amines) is 1. The van der Waals surface area contributed by atoms with E-state index in [1.807, 2.05) is 17.9 Å². The van der Waals surface area contributed by atoms with Crippen molar-refractivity contribution < 1.29 is 9.90 Å². The van der Waals surface area contributed by atoms with Gasteiger partial charge < -0.3 is 10.0 Å². The van der Waals surface area contributed by atoms with E-state index in [-0.39, 0.29) is 23.2 Å². The second kappa shape index (κ2) is 5.78. The molecule has 2 heterocycles. The van der Waals surface area contributed by atoms with Crippen molar-refractivity contribution in [1.29, 1.82) is 0 Å². The Hall–Kier alpha value is -1.00. The molecule has 4 heteroatoms. The SMILES string of the molecule is CC(O)C1CCN(C(=O)C2SCCc3ccccc32)C1. The van der Waals surface area contributed by atoms with Crippen molar-refractivity contribution in [2.24, 2.45) is 5.92 Å². The first-order chi connectivity index (χ1) is 9.66. The Morgan fingerprint density at radius 2 is 2.25 bits per heavy atom. The second-order valence-electron chi connectivity index (χ2n) is 5.77. The fourth-order valence-electron chi connectivity index (χ4n) is 3.15. The molecule has 3 unspecified atom stereocenters. The molecular formula is C16H21NO2S. The van der Waals surface area contributed by atoms with Crippen LogP contribution in [-0.2, 0) is 11.2 Å². The standard InChI is InChI=1S/C16H21NO2S/c1-11(18)13-6-8-17(10-13)16(19)15-14-5-3-2-4-12(14)7-9-20-15/h2-5,11,13,15,18H,6-10H2,1H3. The van der Waals surface area contributed by atoms with Gasteiger partial charge in [-0.2, -0.15) is 0 Å². The van der Waals surface area contributed by atoms with Gasteiger partial charge in [0.05, 0.1) is 6.10 Å². The van der Waals surface area contributed by atoms with Gasteiger partial charge >= 0.3 is 0 Å². The molecule has 3 nitrogen and oxygen atoms in total. The van der Waals surface area contributed by atoms with Crippen LogP contribution in [0.1, 0.15) is 29.7 Å². The summed E-state index contributed by atoms with van der Waals surface area (Å²) in [5.74, 6) is 1.48. The minimum atomic E-state index is -0.320. The summed E-state index contributed by atoms with van der Waals surface area (Å²) < 4.78 is 0. The van der Waals surface area contributed by atoms with Crippen molar-refractivity contribution in [2.45, 2.75) is 31.1 Å². The van der Waals surface area contributed by atoms with Gasteiger partial charge in [0, 0.05) is 19.0 Å². The molecule has 1 N–H and O–H groups in total. The molecule has 2 aliphatic rings. The van der Waals surface area contributed by atoms with Crippen molar-refractivity contribution in [2.75, 3.05) is 18.8 Å². The summed E-state index contributed by atoms with van der Waals surface area (Å²) in [7, 11) is 0. The number of carbonyl (C=O) groups excluding carboxylic acids is 1. The zero-order valence-corrected chi connectivity index (χ0v) is 12.6. The lowest BCUT2D eigenvalue weighted by molar-refractivity contribution is -0.129. The Bertz CT molecular complexity index is 503. The number of fused-ring (bicyclic) bond motifs is 1. The third-order valence-corrected chi connectivity index (χ3v) is 5.67. The molecule has 1 saturated heterocycles. The minimum Gasteiger partial charge on any atom is -0.393 e. The molecule has 0 bridgehead atoms. The van der Waals surface area contributed by atoms with Crippen LogP contribution in [0.4, 0.5) is 0 Å². The van der Waals surface area contributed by atoms with Crippen molar-refractivity contribution in [3.8, 4) is 0 Å². The van der Waals surface area contributed by atoms with Crippen LogP contribution in [0.2, 0.25) is 0 Å². The van der Waals surface area contributed by atoms with Gasteiger partial charge in [-0.05, 0) is 36.6 Å². The van der Waals surface area contributed by atoms with E-state index in [0.29, 0.717) is 6.54 Å². The number of amides is 1. The third kappa shape index (κ3) is 2.59. The lowest BCUT2D eigenvalue weighted by atomic mass is 10.0. The predicted octanol–water partition coefficient (Wildman–Crippen LogP) is 2.25. The van der Waals surface area contributed by atoms with E-state index in [2.05, 4.69) is 18.2 Å². The van der Waals surface area contributed by atoms with Crippen molar-refractivity contribution in [3.63, 3.8) is 0 Å². The highest BCUT2D eigenvalue weighted by Crippen LogP contribution is 2.39. The summed E-state index contributed by atoms with van der Waals surface area (Å²) in [5, 5.41) is 9.63. The lowest BCUT2D eigenvalue weighted by Gasteiger charge is -2.28. The number of aliphatic hydroxyl groups is 1. The lowest BCUT2D eigenvalue weighted by Crippen LogP contribution is -2.34.